The Morgan fingerprint density at radius 1 is 1.13 bits per heavy atom. The molecule has 0 amide bonds. The quantitative estimate of drug-likeness (QED) is 0.746. The van der Waals surface area contributed by atoms with Gasteiger partial charge in [-0.2, -0.15) is 0 Å². The molecule has 0 aromatic rings. The Labute approximate surface area is 93.1 Å². The van der Waals surface area contributed by atoms with E-state index in [-0.39, 0.29) is 6.10 Å². The van der Waals surface area contributed by atoms with Crippen LogP contribution in [0.4, 0.5) is 0 Å². The van der Waals surface area contributed by atoms with E-state index in [2.05, 4.69) is 23.6 Å². The van der Waals surface area contributed by atoms with Crippen molar-refractivity contribution in [2.45, 2.75) is 38.8 Å². The third kappa shape index (κ3) is 3.16. The molecule has 1 N–H and O–H groups in total. The third-order valence-electron chi connectivity index (χ3n) is 3.68. The zero-order chi connectivity index (χ0) is 10.8. The van der Waals surface area contributed by atoms with Crippen molar-refractivity contribution in [2.75, 3.05) is 32.7 Å². The monoisotopic (exact) mass is 212 g/mol. The molecule has 3 nitrogen and oxygen atoms in total. The molecule has 2 aliphatic rings. The smallest absolute Gasteiger partial charge is 0.0689 e. The summed E-state index contributed by atoms with van der Waals surface area (Å²) in [7, 11) is 0. The predicted molar refractivity (Wildman–Crippen MR) is 61.9 cm³/mol. The Bertz CT molecular complexity index is 196. The zero-order valence-electron chi connectivity index (χ0n) is 10.0. The van der Waals surface area contributed by atoms with Crippen LogP contribution in [0.25, 0.3) is 0 Å². The summed E-state index contributed by atoms with van der Waals surface area (Å²) in [5, 5.41) is 9.81. The molecule has 2 fully saturated rings. The predicted octanol–water partition coefficient (Wildman–Crippen LogP) is 0.783. The second-order valence-corrected chi connectivity index (χ2v) is 5.38. The molecule has 0 aromatic carbocycles. The highest BCUT2D eigenvalue weighted by Crippen LogP contribution is 2.27. The number of hydrogen-bond donors (Lipinski definition) is 1. The van der Waals surface area contributed by atoms with E-state index >= 15 is 0 Å². The van der Waals surface area contributed by atoms with E-state index in [0.29, 0.717) is 5.92 Å². The number of hydrogen-bond acceptors (Lipinski definition) is 3. The van der Waals surface area contributed by atoms with Crippen LogP contribution in [0.1, 0.15) is 26.7 Å². The van der Waals surface area contributed by atoms with Crippen molar-refractivity contribution in [1.29, 1.82) is 0 Å². The van der Waals surface area contributed by atoms with Crippen LogP contribution >= 0.6 is 0 Å². The Kier molecular flexibility index (Phi) is 3.65. The van der Waals surface area contributed by atoms with Crippen LogP contribution < -0.4 is 0 Å². The minimum absolute atomic E-state index is 0.155. The molecule has 1 atom stereocenters. The van der Waals surface area contributed by atoms with E-state index < -0.39 is 0 Å². The average molecular weight is 212 g/mol. The first-order chi connectivity index (χ1) is 7.16. The molecule has 3 heteroatoms. The number of nitrogens with zero attached hydrogens (tertiary/aromatic N) is 2. The Morgan fingerprint density at radius 2 is 1.73 bits per heavy atom. The molecule has 1 unspecified atom stereocenters. The van der Waals surface area contributed by atoms with E-state index in [0.717, 1.165) is 25.7 Å². The second kappa shape index (κ2) is 4.81. The maximum Gasteiger partial charge on any atom is 0.0689 e. The molecular weight excluding hydrogens is 188 g/mol. The molecule has 1 aliphatic carbocycles. The van der Waals surface area contributed by atoms with Crippen molar-refractivity contribution in [1.82, 2.24) is 9.80 Å². The highest BCUT2D eigenvalue weighted by atomic mass is 16.3. The SMILES string of the molecule is CC(C)C(O)CN1CCN(C2CC2)CC1. The van der Waals surface area contributed by atoms with E-state index in [1.807, 2.05) is 0 Å². The fraction of sp³-hybridized carbons (Fsp3) is 1.00. The molecule has 1 saturated heterocycles. The first kappa shape index (κ1) is 11.4. The molecule has 0 spiro atoms. The van der Waals surface area contributed by atoms with Gasteiger partial charge in [0.15, 0.2) is 0 Å². The Balaban J connectivity index is 1.68. The highest BCUT2D eigenvalue weighted by Gasteiger charge is 2.31. The molecule has 0 aromatic heterocycles. The van der Waals surface area contributed by atoms with Crippen molar-refractivity contribution in [3.8, 4) is 0 Å². The molecule has 1 heterocycles. The van der Waals surface area contributed by atoms with Crippen LogP contribution in [0.3, 0.4) is 0 Å². The van der Waals surface area contributed by atoms with Gasteiger partial charge in [0.1, 0.15) is 0 Å². The van der Waals surface area contributed by atoms with Crippen molar-refractivity contribution in [2.24, 2.45) is 5.92 Å². The van der Waals surface area contributed by atoms with Crippen molar-refractivity contribution in [3.05, 3.63) is 0 Å². The van der Waals surface area contributed by atoms with Crippen LogP contribution in [0, 0.1) is 5.92 Å². The van der Waals surface area contributed by atoms with Gasteiger partial charge in [-0.3, -0.25) is 9.80 Å². The number of aliphatic hydroxyl groups excluding tert-OH is 1. The molecule has 2 rings (SSSR count). The summed E-state index contributed by atoms with van der Waals surface area (Å²) in [5.41, 5.74) is 0. The maximum atomic E-state index is 9.81. The first-order valence-electron chi connectivity index (χ1n) is 6.31. The van der Waals surface area contributed by atoms with E-state index in [4.69, 9.17) is 0 Å². The number of piperazine rings is 1. The van der Waals surface area contributed by atoms with Gasteiger partial charge in [0.2, 0.25) is 0 Å². The lowest BCUT2D eigenvalue weighted by Crippen LogP contribution is -2.49. The van der Waals surface area contributed by atoms with Crippen LogP contribution in [0.5, 0.6) is 0 Å². The molecular formula is C12H24N2O. The molecule has 88 valence electrons. The summed E-state index contributed by atoms with van der Waals surface area (Å²) in [4.78, 5) is 5.02. The van der Waals surface area contributed by atoms with Gasteiger partial charge < -0.3 is 5.11 Å². The van der Waals surface area contributed by atoms with Crippen molar-refractivity contribution >= 4 is 0 Å². The number of rotatable bonds is 4. The summed E-state index contributed by atoms with van der Waals surface area (Å²) in [6.07, 6.45) is 2.67. The molecule has 0 radical (unpaired) electrons. The van der Waals surface area contributed by atoms with Crippen LogP contribution in [-0.4, -0.2) is 59.8 Å². The van der Waals surface area contributed by atoms with E-state index in [1.165, 1.54) is 25.9 Å². The summed E-state index contributed by atoms with van der Waals surface area (Å²) >= 11 is 0. The molecule has 1 saturated carbocycles. The lowest BCUT2D eigenvalue weighted by molar-refractivity contribution is 0.0481. The highest BCUT2D eigenvalue weighted by molar-refractivity contribution is 4.87. The number of aliphatic hydroxyl groups is 1. The second-order valence-electron chi connectivity index (χ2n) is 5.38. The standard InChI is InChI=1S/C12H24N2O/c1-10(2)12(15)9-13-5-7-14(8-6-13)11-3-4-11/h10-12,15H,3-9H2,1-2H3. The van der Waals surface area contributed by atoms with Crippen molar-refractivity contribution < 1.29 is 5.11 Å². The zero-order valence-corrected chi connectivity index (χ0v) is 10.0. The molecule has 15 heavy (non-hydrogen) atoms. The summed E-state index contributed by atoms with van der Waals surface area (Å²) < 4.78 is 0. The van der Waals surface area contributed by atoms with Crippen LogP contribution in [-0.2, 0) is 0 Å². The van der Waals surface area contributed by atoms with Gasteiger partial charge in [-0.15, -0.1) is 0 Å². The maximum absolute atomic E-state index is 9.81. The van der Waals surface area contributed by atoms with Gasteiger partial charge >= 0.3 is 0 Å². The molecule has 0 bridgehead atoms. The lowest BCUT2D eigenvalue weighted by atomic mass is 10.1. The Hall–Kier alpha value is -0.120. The van der Waals surface area contributed by atoms with Crippen LogP contribution in [0.15, 0.2) is 0 Å². The Morgan fingerprint density at radius 3 is 2.20 bits per heavy atom. The minimum Gasteiger partial charge on any atom is -0.392 e. The van der Waals surface area contributed by atoms with Gasteiger partial charge in [0, 0.05) is 38.8 Å². The largest absolute Gasteiger partial charge is 0.392 e. The normalized spacial score (nSPS) is 27.2. The fourth-order valence-corrected chi connectivity index (χ4v) is 2.23. The summed E-state index contributed by atoms with van der Waals surface area (Å²) in [6.45, 7) is 9.72. The van der Waals surface area contributed by atoms with Crippen LogP contribution in [0.2, 0.25) is 0 Å². The third-order valence-corrected chi connectivity index (χ3v) is 3.68. The van der Waals surface area contributed by atoms with E-state index in [9.17, 15) is 5.11 Å². The summed E-state index contributed by atoms with van der Waals surface area (Å²) in [6, 6.07) is 0.905. The van der Waals surface area contributed by atoms with Gasteiger partial charge in [0.05, 0.1) is 6.10 Å². The minimum atomic E-state index is -0.155. The van der Waals surface area contributed by atoms with E-state index in [1.54, 1.807) is 0 Å². The van der Waals surface area contributed by atoms with Gasteiger partial charge in [0.25, 0.3) is 0 Å². The first-order valence-corrected chi connectivity index (χ1v) is 6.31. The van der Waals surface area contributed by atoms with Gasteiger partial charge in [-0.1, -0.05) is 13.8 Å². The topological polar surface area (TPSA) is 26.7 Å². The lowest BCUT2D eigenvalue weighted by Gasteiger charge is -2.36. The average Bonchev–Trinajstić information content (AvgIpc) is 3.02. The van der Waals surface area contributed by atoms with Crippen molar-refractivity contribution in [3.63, 3.8) is 0 Å². The number of β-amino-alcohol motifs (C(OH)–C–C–N with tert-alkyl or cyclic N) is 1. The van der Waals surface area contributed by atoms with Gasteiger partial charge in [-0.25, -0.2) is 0 Å². The van der Waals surface area contributed by atoms with Gasteiger partial charge in [-0.05, 0) is 18.8 Å². The molecule has 1 aliphatic heterocycles. The fourth-order valence-electron chi connectivity index (χ4n) is 2.23. The summed E-state index contributed by atoms with van der Waals surface area (Å²) in [5.74, 6) is 0.381.